The number of para-hydroxylation sites is 1. The number of benzene rings is 1. The van der Waals surface area contributed by atoms with Crippen molar-refractivity contribution in [2.75, 3.05) is 73.9 Å². The number of aromatic amines is 1. The number of carbonyl (C=O) groups is 2. The number of nitrogens with one attached hydrogen (secondary N) is 4. The summed E-state index contributed by atoms with van der Waals surface area (Å²) < 4.78 is 20.5. The molecule has 3 aromatic rings. The minimum atomic E-state index is -0.671. The molecule has 2 aliphatic heterocycles. The van der Waals surface area contributed by atoms with E-state index in [1.165, 1.54) is 6.07 Å². The maximum Gasteiger partial charge on any atom is 0.291 e. The summed E-state index contributed by atoms with van der Waals surface area (Å²) in [5.41, 5.74) is 6.85. The minimum Gasteiger partial charge on any atom is -0.383 e. The number of hydrogen-bond acceptors (Lipinski definition) is 10. The maximum atomic E-state index is 15.0. The summed E-state index contributed by atoms with van der Waals surface area (Å²) in [4.78, 5) is 47.2. The molecule has 4 heterocycles. The van der Waals surface area contributed by atoms with Crippen molar-refractivity contribution in [3.05, 3.63) is 42.1 Å². The van der Waals surface area contributed by atoms with Crippen LogP contribution in [0.5, 0.6) is 0 Å². The van der Waals surface area contributed by atoms with Gasteiger partial charge in [0.2, 0.25) is 11.9 Å². The third kappa shape index (κ3) is 6.57. The molecule has 240 valence electrons. The lowest BCUT2D eigenvalue weighted by Gasteiger charge is -2.34. The van der Waals surface area contributed by atoms with E-state index in [1.54, 1.807) is 38.6 Å². The molecule has 3 fully saturated rings. The van der Waals surface area contributed by atoms with Crippen molar-refractivity contribution in [1.29, 1.82) is 0 Å². The van der Waals surface area contributed by atoms with Crippen LogP contribution in [0.4, 0.5) is 27.5 Å². The largest absolute Gasteiger partial charge is 0.383 e. The standard InChI is InChI=1S/C31H41FN10O3/c1-34-30-39-23(14-25(40-30)42-13-10-31(17-42,18-45-2)29(44)36-20-6-7-20)24-16-35-27(37-24)28(43)38-22-5-3-4-21(32)26(22)41-11-8-19(15-33)9-12-41/h3-5,14,16,19-20H,6-13,15,17-18,33H2,1-2H3,(H,35,37)(H,36,44)(H,38,43)(H,34,39,40)/t31-/m1/s1. The number of rotatable bonds is 11. The van der Waals surface area contributed by atoms with Gasteiger partial charge in [-0.3, -0.25) is 9.59 Å². The lowest BCUT2D eigenvalue weighted by atomic mass is 9.87. The molecule has 13 nitrogen and oxygen atoms in total. The molecular weight excluding hydrogens is 579 g/mol. The van der Waals surface area contributed by atoms with Crippen LogP contribution in [0.2, 0.25) is 0 Å². The number of piperidine rings is 1. The Hall–Kier alpha value is -4.30. The number of nitrogens with two attached hydrogens (primary N) is 1. The van der Waals surface area contributed by atoms with Crippen LogP contribution < -0.4 is 31.5 Å². The molecule has 3 aliphatic rings. The highest BCUT2D eigenvalue weighted by atomic mass is 19.1. The highest BCUT2D eigenvalue weighted by Crippen LogP contribution is 2.36. The summed E-state index contributed by atoms with van der Waals surface area (Å²) in [6, 6.07) is 6.72. The molecule has 0 radical (unpaired) electrons. The van der Waals surface area contributed by atoms with Gasteiger partial charge in [-0.25, -0.2) is 14.4 Å². The Morgan fingerprint density at radius 2 is 1.91 bits per heavy atom. The van der Waals surface area contributed by atoms with Crippen LogP contribution in [0.3, 0.4) is 0 Å². The Morgan fingerprint density at radius 1 is 1.11 bits per heavy atom. The average molecular weight is 621 g/mol. The van der Waals surface area contributed by atoms with Crippen molar-refractivity contribution in [2.24, 2.45) is 17.1 Å². The zero-order chi connectivity index (χ0) is 31.6. The zero-order valence-corrected chi connectivity index (χ0v) is 25.7. The maximum absolute atomic E-state index is 15.0. The van der Waals surface area contributed by atoms with Crippen molar-refractivity contribution in [1.82, 2.24) is 25.3 Å². The molecule has 1 aromatic carbocycles. The van der Waals surface area contributed by atoms with Gasteiger partial charge >= 0.3 is 0 Å². The van der Waals surface area contributed by atoms with E-state index in [-0.39, 0.29) is 17.8 Å². The van der Waals surface area contributed by atoms with Gasteiger partial charge in [-0.05, 0) is 56.7 Å². The van der Waals surface area contributed by atoms with E-state index in [2.05, 4.69) is 40.8 Å². The predicted molar refractivity (Wildman–Crippen MR) is 170 cm³/mol. The quantitative estimate of drug-likeness (QED) is 0.215. The molecule has 2 aromatic heterocycles. The summed E-state index contributed by atoms with van der Waals surface area (Å²) in [5.74, 6) is 0.618. The first-order valence-electron chi connectivity index (χ1n) is 15.5. The monoisotopic (exact) mass is 620 g/mol. The molecule has 0 spiro atoms. The Morgan fingerprint density at radius 3 is 2.62 bits per heavy atom. The number of nitrogens with zero attached hydrogens (tertiary/aromatic N) is 5. The molecule has 1 aliphatic carbocycles. The lowest BCUT2D eigenvalue weighted by molar-refractivity contribution is -0.133. The number of methoxy groups -OCH3 is 1. The predicted octanol–water partition coefficient (Wildman–Crippen LogP) is 2.60. The first-order chi connectivity index (χ1) is 21.8. The number of H-pyrrole nitrogens is 1. The molecule has 2 saturated heterocycles. The molecule has 6 rings (SSSR count). The van der Waals surface area contributed by atoms with E-state index in [0.29, 0.717) is 86.2 Å². The number of ether oxygens (including phenoxy) is 1. The number of anilines is 4. The van der Waals surface area contributed by atoms with Gasteiger partial charge in [0, 0.05) is 58.6 Å². The smallest absolute Gasteiger partial charge is 0.291 e. The summed E-state index contributed by atoms with van der Waals surface area (Å²) in [6.45, 7) is 3.33. The van der Waals surface area contributed by atoms with Crippen LogP contribution >= 0.6 is 0 Å². The highest BCUT2D eigenvalue weighted by molar-refractivity contribution is 6.04. The van der Waals surface area contributed by atoms with E-state index in [1.807, 2.05) is 4.90 Å². The van der Waals surface area contributed by atoms with Crippen LogP contribution in [0.1, 0.15) is 42.7 Å². The molecule has 45 heavy (non-hydrogen) atoms. The van der Waals surface area contributed by atoms with Crippen molar-refractivity contribution in [3.63, 3.8) is 0 Å². The van der Waals surface area contributed by atoms with Gasteiger partial charge in [-0.2, -0.15) is 4.98 Å². The first-order valence-corrected chi connectivity index (χ1v) is 15.5. The fourth-order valence-electron chi connectivity index (χ4n) is 6.20. The highest BCUT2D eigenvalue weighted by Gasteiger charge is 2.46. The molecule has 2 amide bonds. The fraction of sp³-hybridized carbons (Fsp3) is 0.516. The number of imidazole rings is 1. The fourth-order valence-corrected chi connectivity index (χ4v) is 6.20. The van der Waals surface area contributed by atoms with E-state index in [0.717, 1.165) is 25.7 Å². The molecule has 0 unspecified atom stereocenters. The van der Waals surface area contributed by atoms with Gasteiger partial charge in [0.15, 0.2) is 5.82 Å². The van der Waals surface area contributed by atoms with Crippen molar-refractivity contribution >= 4 is 35.0 Å². The summed E-state index contributed by atoms with van der Waals surface area (Å²) in [5, 5.41) is 8.98. The van der Waals surface area contributed by atoms with E-state index in [4.69, 9.17) is 10.5 Å². The molecule has 0 bridgehead atoms. The summed E-state index contributed by atoms with van der Waals surface area (Å²) in [7, 11) is 3.34. The second-order valence-electron chi connectivity index (χ2n) is 12.2. The number of halogens is 1. The number of carbonyl (C=O) groups excluding carboxylic acids is 2. The van der Waals surface area contributed by atoms with E-state index >= 15 is 4.39 Å². The minimum absolute atomic E-state index is 0.0157. The van der Waals surface area contributed by atoms with E-state index < -0.39 is 17.1 Å². The molecule has 1 saturated carbocycles. The Bertz CT molecular complexity index is 1540. The van der Waals surface area contributed by atoms with Crippen molar-refractivity contribution in [3.8, 4) is 11.4 Å². The van der Waals surface area contributed by atoms with Gasteiger partial charge < -0.3 is 41.2 Å². The van der Waals surface area contributed by atoms with Gasteiger partial charge in [-0.1, -0.05) is 6.07 Å². The normalized spacial score (nSPS) is 20.4. The van der Waals surface area contributed by atoms with Crippen LogP contribution in [0.15, 0.2) is 30.5 Å². The first kappa shape index (κ1) is 30.7. The number of aromatic nitrogens is 4. The van der Waals surface area contributed by atoms with E-state index in [9.17, 15) is 9.59 Å². The topological polar surface area (TPSA) is 166 Å². The van der Waals surface area contributed by atoms with Crippen LogP contribution in [0, 0.1) is 17.2 Å². The van der Waals surface area contributed by atoms with Crippen LogP contribution in [0.25, 0.3) is 11.4 Å². The Labute approximate surface area is 261 Å². The summed E-state index contributed by atoms with van der Waals surface area (Å²) >= 11 is 0. The second kappa shape index (κ2) is 13.0. The zero-order valence-electron chi connectivity index (χ0n) is 25.7. The van der Waals surface area contributed by atoms with Crippen LogP contribution in [-0.4, -0.2) is 91.3 Å². The molecule has 14 heteroatoms. The van der Waals surface area contributed by atoms with Gasteiger partial charge in [0.25, 0.3) is 5.91 Å². The number of hydrogen-bond donors (Lipinski definition) is 5. The number of amides is 2. The van der Waals surface area contributed by atoms with Gasteiger partial charge in [0.1, 0.15) is 17.3 Å². The molecule has 6 N–H and O–H groups in total. The van der Waals surface area contributed by atoms with Crippen molar-refractivity contribution < 1.29 is 18.7 Å². The average Bonchev–Trinajstić information content (AvgIpc) is 3.54. The van der Waals surface area contributed by atoms with Crippen LogP contribution in [-0.2, 0) is 9.53 Å². The Kier molecular flexibility index (Phi) is 8.85. The SMILES string of the molecule is CNc1nc(-c2c[nH]c(C(=O)Nc3cccc(F)c3N3CCC(CN)CC3)n2)cc(N2CC[C@@](COC)(C(=O)NC3CC3)C2)n1. The van der Waals surface area contributed by atoms with Gasteiger partial charge in [-0.15, -0.1) is 0 Å². The lowest BCUT2D eigenvalue weighted by Crippen LogP contribution is -2.46. The Balaban J connectivity index is 1.20. The van der Waals surface area contributed by atoms with Crippen molar-refractivity contribution in [2.45, 2.75) is 38.1 Å². The third-order valence-electron chi connectivity index (χ3n) is 8.98. The third-order valence-corrected chi connectivity index (χ3v) is 8.98. The van der Waals surface area contributed by atoms with Gasteiger partial charge in [0.05, 0.1) is 29.1 Å². The summed E-state index contributed by atoms with van der Waals surface area (Å²) in [6.07, 6.45) is 6.00. The molecule has 1 atom stereocenters. The molecular formula is C31H41FN10O3. The second-order valence-corrected chi connectivity index (χ2v) is 12.2.